The molecule has 3 heteroatoms. The molecule has 0 saturated heterocycles. The van der Waals surface area contributed by atoms with Crippen LogP contribution in [-0.4, -0.2) is 18.1 Å². The van der Waals surface area contributed by atoms with Crippen molar-refractivity contribution in [3.8, 4) is 0 Å². The molecule has 0 aromatic heterocycles. The molecule has 1 aliphatic carbocycles. The Morgan fingerprint density at radius 2 is 2.00 bits per heavy atom. The summed E-state index contributed by atoms with van der Waals surface area (Å²) < 4.78 is 0. The standard InChI is InChI=1S/C14H20N2S/c1-10-9-12(7-8-13(10)14(15)17)16(2)11-5-3-4-6-11/h7-9,11H,3-6H2,1-2H3,(H2,15,17). The molecule has 2 N–H and O–H groups in total. The second-order valence-corrected chi connectivity index (χ2v) is 5.35. The van der Waals surface area contributed by atoms with Gasteiger partial charge in [0.05, 0.1) is 0 Å². The molecule has 2 nitrogen and oxygen atoms in total. The van der Waals surface area contributed by atoms with Crippen LogP contribution in [0.15, 0.2) is 18.2 Å². The zero-order valence-electron chi connectivity index (χ0n) is 10.6. The fraction of sp³-hybridized carbons (Fsp3) is 0.500. The molecule has 1 aromatic carbocycles. The molecule has 1 saturated carbocycles. The van der Waals surface area contributed by atoms with Crippen molar-refractivity contribution in [2.24, 2.45) is 5.73 Å². The van der Waals surface area contributed by atoms with Crippen LogP contribution < -0.4 is 10.6 Å². The van der Waals surface area contributed by atoms with Gasteiger partial charge in [0.25, 0.3) is 0 Å². The molecule has 1 aromatic rings. The van der Waals surface area contributed by atoms with Crippen molar-refractivity contribution >= 4 is 22.9 Å². The summed E-state index contributed by atoms with van der Waals surface area (Å²) in [4.78, 5) is 2.88. The molecule has 2 rings (SSSR count). The van der Waals surface area contributed by atoms with Crippen LogP contribution in [0.1, 0.15) is 36.8 Å². The Morgan fingerprint density at radius 1 is 1.35 bits per heavy atom. The topological polar surface area (TPSA) is 29.3 Å². The quantitative estimate of drug-likeness (QED) is 0.834. The van der Waals surface area contributed by atoms with E-state index < -0.39 is 0 Å². The Balaban J connectivity index is 2.21. The lowest BCUT2D eigenvalue weighted by atomic mass is 10.1. The number of nitrogens with zero attached hydrogens (tertiary/aromatic N) is 1. The van der Waals surface area contributed by atoms with Crippen LogP contribution in [-0.2, 0) is 0 Å². The van der Waals surface area contributed by atoms with Gasteiger partial charge in [0.15, 0.2) is 0 Å². The van der Waals surface area contributed by atoms with E-state index in [4.69, 9.17) is 18.0 Å². The largest absolute Gasteiger partial charge is 0.389 e. The molecule has 0 unspecified atom stereocenters. The first-order valence-corrected chi connectivity index (χ1v) is 6.63. The first-order chi connectivity index (χ1) is 8.09. The van der Waals surface area contributed by atoms with Crippen molar-refractivity contribution in [1.82, 2.24) is 0 Å². The second kappa shape index (κ2) is 5.05. The predicted octanol–water partition coefficient (Wildman–Crippen LogP) is 3.01. The van der Waals surface area contributed by atoms with E-state index in [1.807, 2.05) is 6.07 Å². The maximum Gasteiger partial charge on any atom is 0.104 e. The van der Waals surface area contributed by atoms with Crippen molar-refractivity contribution in [1.29, 1.82) is 0 Å². The van der Waals surface area contributed by atoms with Crippen LogP contribution in [0.5, 0.6) is 0 Å². The van der Waals surface area contributed by atoms with E-state index in [1.54, 1.807) is 0 Å². The van der Waals surface area contributed by atoms with Gasteiger partial charge in [0.2, 0.25) is 0 Å². The third-order valence-corrected chi connectivity index (χ3v) is 3.98. The van der Waals surface area contributed by atoms with Crippen LogP contribution in [0.25, 0.3) is 0 Å². The predicted molar refractivity (Wildman–Crippen MR) is 77.7 cm³/mol. The van der Waals surface area contributed by atoms with E-state index >= 15 is 0 Å². The van der Waals surface area contributed by atoms with Crippen molar-refractivity contribution in [2.45, 2.75) is 38.6 Å². The summed E-state index contributed by atoms with van der Waals surface area (Å²) in [7, 11) is 2.19. The maximum absolute atomic E-state index is 5.68. The normalized spacial score (nSPS) is 16.1. The Bertz CT molecular complexity index is 422. The highest BCUT2D eigenvalue weighted by atomic mass is 32.1. The van der Waals surface area contributed by atoms with E-state index in [1.165, 1.54) is 36.9 Å². The minimum Gasteiger partial charge on any atom is -0.389 e. The van der Waals surface area contributed by atoms with Crippen LogP contribution >= 0.6 is 12.2 Å². The number of rotatable bonds is 3. The summed E-state index contributed by atoms with van der Waals surface area (Å²) in [5.41, 5.74) is 9.11. The number of aryl methyl sites for hydroxylation is 1. The van der Waals surface area contributed by atoms with Gasteiger partial charge in [-0.15, -0.1) is 0 Å². The summed E-state index contributed by atoms with van der Waals surface area (Å²) >= 11 is 5.03. The summed E-state index contributed by atoms with van der Waals surface area (Å²) in [5, 5.41) is 0. The minimum atomic E-state index is 0.484. The molecule has 0 atom stereocenters. The van der Waals surface area contributed by atoms with Crippen LogP contribution in [0.3, 0.4) is 0 Å². The minimum absolute atomic E-state index is 0.484. The molecule has 0 bridgehead atoms. The van der Waals surface area contributed by atoms with Crippen LogP contribution in [0, 0.1) is 6.92 Å². The highest BCUT2D eigenvalue weighted by Gasteiger charge is 2.20. The molecule has 0 amide bonds. The number of nitrogens with two attached hydrogens (primary N) is 1. The molecule has 17 heavy (non-hydrogen) atoms. The fourth-order valence-corrected chi connectivity index (χ4v) is 2.88. The van der Waals surface area contributed by atoms with E-state index in [0.717, 1.165) is 5.56 Å². The van der Waals surface area contributed by atoms with Crippen molar-refractivity contribution in [2.75, 3.05) is 11.9 Å². The molecule has 0 heterocycles. The van der Waals surface area contributed by atoms with Crippen molar-refractivity contribution in [3.05, 3.63) is 29.3 Å². The average Bonchev–Trinajstić information content (AvgIpc) is 2.80. The number of hydrogen-bond acceptors (Lipinski definition) is 2. The van der Waals surface area contributed by atoms with Gasteiger partial charge in [0.1, 0.15) is 4.99 Å². The Labute approximate surface area is 109 Å². The van der Waals surface area contributed by atoms with Crippen LogP contribution in [0.4, 0.5) is 5.69 Å². The molecule has 0 aliphatic heterocycles. The van der Waals surface area contributed by atoms with Gasteiger partial charge in [0, 0.05) is 24.3 Å². The second-order valence-electron chi connectivity index (χ2n) is 4.91. The fourth-order valence-electron chi connectivity index (χ4n) is 2.65. The summed E-state index contributed by atoms with van der Waals surface area (Å²) in [5.74, 6) is 0. The highest BCUT2D eigenvalue weighted by molar-refractivity contribution is 7.80. The van der Waals surface area contributed by atoms with Crippen molar-refractivity contribution < 1.29 is 0 Å². The number of thiocarbonyl (C=S) groups is 1. The summed E-state index contributed by atoms with van der Waals surface area (Å²) in [6.07, 6.45) is 5.34. The molecule has 1 fully saturated rings. The van der Waals surface area contributed by atoms with Gasteiger partial charge in [-0.1, -0.05) is 25.1 Å². The Morgan fingerprint density at radius 3 is 2.53 bits per heavy atom. The van der Waals surface area contributed by atoms with E-state index in [9.17, 15) is 0 Å². The third kappa shape index (κ3) is 2.60. The lowest BCUT2D eigenvalue weighted by Gasteiger charge is -2.27. The highest BCUT2D eigenvalue weighted by Crippen LogP contribution is 2.28. The number of benzene rings is 1. The number of anilines is 1. The Kier molecular flexibility index (Phi) is 3.67. The summed E-state index contributed by atoms with van der Waals surface area (Å²) in [6, 6.07) is 7.05. The Hall–Kier alpha value is -1.09. The number of hydrogen-bond donors (Lipinski definition) is 1. The van der Waals surface area contributed by atoms with E-state index in [0.29, 0.717) is 11.0 Å². The SMILES string of the molecule is Cc1cc(N(C)C2CCCC2)ccc1C(N)=S. The third-order valence-electron chi connectivity index (χ3n) is 3.76. The van der Waals surface area contributed by atoms with E-state index in [-0.39, 0.29) is 0 Å². The molecule has 1 aliphatic rings. The van der Waals surface area contributed by atoms with E-state index in [2.05, 4.69) is 31.0 Å². The van der Waals surface area contributed by atoms with Gasteiger partial charge in [-0.2, -0.15) is 0 Å². The molecule has 0 spiro atoms. The van der Waals surface area contributed by atoms with Gasteiger partial charge in [-0.25, -0.2) is 0 Å². The first-order valence-electron chi connectivity index (χ1n) is 6.23. The lowest BCUT2D eigenvalue weighted by molar-refractivity contribution is 0.653. The van der Waals surface area contributed by atoms with Crippen LogP contribution in [0.2, 0.25) is 0 Å². The first kappa shape index (κ1) is 12.4. The molecule has 92 valence electrons. The van der Waals surface area contributed by atoms with Gasteiger partial charge in [-0.3, -0.25) is 0 Å². The monoisotopic (exact) mass is 248 g/mol. The molecular weight excluding hydrogens is 228 g/mol. The van der Waals surface area contributed by atoms with Gasteiger partial charge < -0.3 is 10.6 Å². The summed E-state index contributed by atoms with van der Waals surface area (Å²) in [6.45, 7) is 2.07. The zero-order valence-corrected chi connectivity index (χ0v) is 11.4. The average molecular weight is 248 g/mol. The zero-order chi connectivity index (χ0) is 12.4. The van der Waals surface area contributed by atoms with Gasteiger partial charge >= 0.3 is 0 Å². The molecule has 0 radical (unpaired) electrons. The lowest BCUT2D eigenvalue weighted by Crippen LogP contribution is -2.28. The maximum atomic E-state index is 5.68. The smallest absolute Gasteiger partial charge is 0.104 e. The molecular formula is C14H20N2S. The van der Waals surface area contributed by atoms with Gasteiger partial charge in [-0.05, 0) is 43.5 Å². The van der Waals surface area contributed by atoms with Crippen molar-refractivity contribution in [3.63, 3.8) is 0 Å².